The van der Waals surface area contributed by atoms with Crippen molar-refractivity contribution in [2.24, 2.45) is 5.92 Å². The lowest BCUT2D eigenvalue weighted by molar-refractivity contribution is -0.146. The first-order valence-electron chi connectivity index (χ1n) is 11.3. The van der Waals surface area contributed by atoms with E-state index in [2.05, 4.69) is 10.1 Å². The maximum atomic E-state index is 12.9. The summed E-state index contributed by atoms with van der Waals surface area (Å²) in [5.41, 5.74) is 2.28. The van der Waals surface area contributed by atoms with Crippen LogP contribution in [-0.2, 0) is 16.0 Å². The fraction of sp³-hybridized carbons (Fsp3) is 0.360. The Hall–Kier alpha value is -3.39. The van der Waals surface area contributed by atoms with Gasteiger partial charge >= 0.3 is 11.7 Å². The molecule has 178 valence electrons. The van der Waals surface area contributed by atoms with E-state index in [1.165, 1.54) is 4.68 Å². The van der Waals surface area contributed by atoms with Crippen molar-refractivity contribution < 1.29 is 14.7 Å². The quantitative estimate of drug-likeness (QED) is 0.533. The molecule has 0 spiro atoms. The van der Waals surface area contributed by atoms with Crippen molar-refractivity contribution in [1.82, 2.24) is 19.7 Å². The minimum absolute atomic E-state index is 0.0673. The van der Waals surface area contributed by atoms with E-state index in [0.29, 0.717) is 36.8 Å². The smallest absolute Gasteiger partial charge is 0.343 e. The van der Waals surface area contributed by atoms with E-state index < -0.39 is 11.9 Å². The molecule has 0 radical (unpaired) electrons. The molecule has 1 saturated heterocycles. The van der Waals surface area contributed by atoms with Gasteiger partial charge in [-0.3, -0.25) is 14.6 Å². The second-order valence-corrected chi connectivity index (χ2v) is 9.14. The highest BCUT2D eigenvalue weighted by atomic mass is 35.5. The highest BCUT2D eigenvalue weighted by Crippen LogP contribution is 2.24. The van der Waals surface area contributed by atoms with Crippen molar-refractivity contribution >= 4 is 23.5 Å². The zero-order valence-corrected chi connectivity index (χ0v) is 19.7. The van der Waals surface area contributed by atoms with E-state index in [0.717, 1.165) is 16.7 Å². The van der Waals surface area contributed by atoms with E-state index in [9.17, 15) is 19.5 Å². The summed E-state index contributed by atoms with van der Waals surface area (Å²) in [7, 11) is 0. The molecule has 8 nitrogen and oxygen atoms in total. The lowest BCUT2D eigenvalue weighted by atomic mass is 9.94. The molecule has 3 aromatic rings. The van der Waals surface area contributed by atoms with Gasteiger partial charge in [0.05, 0.1) is 12.0 Å². The van der Waals surface area contributed by atoms with Crippen LogP contribution in [0.3, 0.4) is 0 Å². The van der Waals surface area contributed by atoms with Crippen LogP contribution in [0, 0.1) is 12.8 Å². The van der Waals surface area contributed by atoms with Gasteiger partial charge in [-0.15, -0.1) is 5.10 Å². The Balaban J connectivity index is 1.36. The van der Waals surface area contributed by atoms with Gasteiger partial charge < -0.3 is 10.0 Å². The molecule has 1 aromatic heterocycles. The summed E-state index contributed by atoms with van der Waals surface area (Å²) in [5.74, 6) is -1.47. The van der Waals surface area contributed by atoms with Crippen LogP contribution in [0.15, 0.2) is 53.3 Å². The third kappa shape index (κ3) is 5.39. The van der Waals surface area contributed by atoms with Gasteiger partial charge in [0.15, 0.2) is 5.82 Å². The summed E-state index contributed by atoms with van der Waals surface area (Å²) >= 11 is 6.06. The number of likely N-dealkylation sites (tertiary alicyclic amines) is 1. The molecule has 1 unspecified atom stereocenters. The summed E-state index contributed by atoms with van der Waals surface area (Å²) in [5, 5.41) is 14.8. The molecule has 9 heteroatoms. The number of aromatic nitrogens is 3. The first-order valence-corrected chi connectivity index (χ1v) is 11.7. The van der Waals surface area contributed by atoms with Gasteiger partial charge in [0, 0.05) is 30.1 Å². The average molecular weight is 483 g/mol. The molecule has 2 heterocycles. The van der Waals surface area contributed by atoms with Crippen molar-refractivity contribution in [2.75, 3.05) is 13.1 Å². The Morgan fingerprint density at radius 1 is 1.18 bits per heavy atom. The number of carbonyl (C=O) groups excluding carboxylic acids is 1. The van der Waals surface area contributed by atoms with Crippen molar-refractivity contribution in [3.05, 3.63) is 75.2 Å². The number of H-pyrrole nitrogens is 1. The minimum atomic E-state index is -0.993. The summed E-state index contributed by atoms with van der Waals surface area (Å²) in [6.45, 7) is 2.77. The second-order valence-electron chi connectivity index (χ2n) is 8.73. The third-order valence-electron chi connectivity index (χ3n) is 6.33. The molecule has 0 bridgehead atoms. The number of nitrogens with one attached hydrogen (secondary N) is 1. The molecule has 2 N–H and O–H groups in total. The van der Waals surface area contributed by atoms with Gasteiger partial charge in [0.1, 0.15) is 0 Å². The van der Waals surface area contributed by atoms with Gasteiger partial charge in [-0.25, -0.2) is 9.48 Å². The Morgan fingerprint density at radius 3 is 2.53 bits per heavy atom. The molecular formula is C25H27ClN4O4. The Kier molecular flexibility index (Phi) is 7.17. The van der Waals surface area contributed by atoms with E-state index in [-0.39, 0.29) is 30.5 Å². The average Bonchev–Trinajstić information content (AvgIpc) is 3.23. The number of hydrogen-bond acceptors (Lipinski definition) is 4. The van der Waals surface area contributed by atoms with Gasteiger partial charge in [-0.1, -0.05) is 54.1 Å². The summed E-state index contributed by atoms with van der Waals surface area (Å²) < 4.78 is 1.47. The van der Waals surface area contributed by atoms with Crippen LogP contribution in [-0.4, -0.2) is 49.7 Å². The minimum Gasteiger partial charge on any atom is -0.481 e. The van der Waals surface area contributed by atoms with E-state index in [4.69, 9.17) is 11.6 Å². The molecule has 1 amide bonds. The largest absolute Gasteiger partial charge is 0.481 e. The van der Waals surface area contributed by atoms with Crippen molar-refractivity contribution in [3.8, 4) is 11.4 Å². The lowest BCUT2D eigenvalue weighted by Gasteiger charge is -2.32. The van der Waals surface area contributed by atoms with Crippen molar-refractivity contribution in [3.63, 3.8) is 0 Å². The topological polar surface area (TPSA) is 108 Å². The number of carboxylic acid groups (broad SMARTS) is 1. The number of rotatable bonds is 7. The number of aliphatic carboxylic acids is 1. The van der Waals surface area contributed by atoms with Crippen LogP contribution in [0.1, 0.15) is 36.4 Å². The van der Waals surface area contributed by atoms with Crippen molar-refractivity contribution in [2.45, 2.75) is 38.6 Å². The Morgan fingerprint density at radius 2 is 1.88 bits per heavy atom. The molecule has 1 aliphatic heterocycles. The molecule has 34 heavy (non-hydrogen) atoms. The predicted octanol–water partition coefficient (Wildman–Crippen LogP) is 3.70. The maximum absolute atomic E-state index is 12.9. The fourth-order valence-corrected chi connectivity index (χ4v) is 4.49. The van der Waals surface area contributed by atoms with E-state index >= 15 is 0 Å². The normalized spacial score (nSPS) is 15.3. The van der Waals surface area contributed by atoms with Crippen LogP contribution >= 0.6 is 11.6 Å². The second kappa shape index (κ2) is 10.3. The molecule has 4 rings (SSSR count). The fourth-order valence-electron chi connectivity index (χ4n) is 4.37. The number of benzene rings is 2. The summed E-state index contributed by atoms with van der Waals surface area (Å²) in [6.07, 6.45) is 1.36. The number of aryl methyl sites for hydroxylation is 1. The van der Waals surface area contributed by atoms with Crippen molar-refractivity contribution in [1.29, 1.82) is 0 Å². The van der Waals surface area contributed by atoms with Crippen LogP contribution in [0.25, 0.3) is 11.4 Å². The highest BCUT2D eigenvalue weighted by Gasteiger charge is 2.29. The number of aromatic amines is 1. The van der Waals surface area contributed by atoms with E-state index in [1.807, 2.05) is 43.3 Å². The number of halogens is 1. The van der Waals surface area contributed by atoms with Gasteiger partial charge in [0.2, 0.25) is 5.91 Å². The van der Waals surface area contributed by atoms with Gasteiger partial charge in [-0.2, -0.15) is 0 Å². The first-order chi connectivity index (χ1) is 16.3. The first kappa shape index (κ1) is 23.8. The number of amides is 1. The summed E-state index contributed by atoms with van der Waals surface area (Å²) in [6, 6.07) is 14.7. The highest BCUT2D eigenvalue weighted by molar-refractivity contribution is 6.31. The molecule has 1 aliphatic rings. The SMILES string of the molecule is Cc1cc(CC(CC(=O)N2CCC(n3nc(-c4ccccc4)[nH]c3=O)CC2)C(=O)O)ccc1Cl. The van der Waals surface area contributed by atoms with Crippen LogP contribution in [0.4, 0.5) is 0 Å². The third-order valence-corrected chi connectivity index (χ3v) is 6.75. The summed E-state index contributed by atoms with van der Waals surface area (Å²) in [4.78, 5) is 41.6. The molecule has 2 aromatic carbocycles. The van der Waals surface area contributed by atoms with Crippen LogP contribution < -0.4 is 5.69 Å². The number of nitrogens with zero attached hydrogens (tertiary/aromatic N) is 3. The molecular weight excluding hydrogens is 456 g/mol. The number of carbonyl (C=O) groups is 2. The zero-order chi connectivity index (χ0) is 24.2. The Bertz CT molecular complexity index is 1230. The molecule has 1 atom stereocenters. The zero-order valence-electron chi connectivity index (χ0n) is 18.9. The standard InChI is InChI=1S/C25H27ClN4O4/c1-16-13-17(7-8-21(16)26)14-19(24(32)33)15-22(31)29-11-9-20(10-12-29)30-25(34)27-23(28-30)18-5-3-2-4-6-18/h2-8,13,19-20H,9-12,14-15H2,1H3,(H,32,33)(H,27,28,34). The van der Waals surface area contributed by atoms with Crippen LogP contribution in [0.5, 0.6) is 0 Å². The number of piperidine rings is 1. The monoisotopic (exact) mass is 482 g/mol. The van der Waals surface area contributed by atoms with Gasteiger partial charge in [-0.05, 0) is 43.4 Å². The maximum Gasteiger partial charge on any atom is 0.343 e. The van der Waals surface area contributed by atoms with Gasteiger partial charge in [0.25, 0.3) is 0 Å². The molecule has 1 fully saturated rings. The predicted molar refractivity (Wildman–Crippen MR) is 129 cm³/mol. The number of carboxylic acids is 1. The molecule has 0 aliphatic carbocycles. The Labute approximate surface area is 202 Å². The van der Waals surface area contributed by atoms with E-state index in [1.54, 1.807) is 17.0 Å². The molecule has 0 saturated carbocycles. The number of hydrogen-bond donors (Lipinski definition) is 2. The lowest BCUT2D eigenvalue weighted by Crippen LogP contribution is -2.42. The van der Waals surface area contributed by atoms with Crippen LogP contribution in [0.2, 0.25) is 5.02 Å².